The SMILES string of the molecule is CC(C)(C)c1cc(NCC(O)CN(C(C)(C)C)S(=O)(=O)c2ccccc2)n[nH]1. The lowest BCUT2D eigenvalue weighted by molar-refractivity contribution is 0.123. The van der Waals surface area contributed by atoms with E-state index >= 15 is 0 Å². The third kappa shape index (κ3) is 5.56. The molecule has 0 fully saturated rings. The topological polar surface area (TPSA) is 98.3 Å². The van der Waals surface area contributed by atoms with Crippen molar-refractivity contribution in [1.29, 1.82) is 0 Å². The number of β-amino-alcohol motifs (C(OH)–C–C–N with tert-alkyl or cyclic N) is 1. The van der Waals surface area contributed by atoms with Gasteiger partial charge in [0.05, 0.1) is 11.0 Å². The molecule has 0 amide bonds. The van der Waals surface area contributed by atoms with Gasteiger partial charge in [0.1, 0.15) is 5.82 Å². The second-order valence-corrected chi connectivity index (χ2v) is 10.8. The number of hydrogen-bond acceptors (Lipinski definition) is 5. The highest BCUT2D eigenvalue weighted by atomic mass is 32.2. The molecule has 0 aliphatic carbocycles. The number of rotatable bonds is 7. The Bertz CT molecular complexity index is 865. The van der Waals surface area contributed by atoms with Gasteiger partial charge >= 0.3 is 0 Å². The highest BCUT2D eigenvalue weighted by molar-refractivity contribution is 7.89. The van der Waals surface area contributed by atoms with Gasteiger partial charge in [0.2, 0.25) is 10.0 Å². The second kappa shape index (κ2) is 8.23. The van der Waals surface area contributed by atoms with Crippen LogP contribution in [0.5, 0.6) is 0 Å². The molecule has 0 aliphatic rings. The minimum Gasteiger partial charge on any atom is -0.390 e. The molecule has 0 saturated carbocycles. The average Bonchev–Trinajstić information content (AvgIpc) is 3.07. The minimum atomic E-state index is -3.73. The molecule has 2 rings (SSSR count). The van der Waals surface area contributed by atoms with Gasteiger partial charge in [-0.25, -0.2) is 8.42 Å². The fourth-order valence-corrected chi connectivity index (χ4v) is 4.57. The van der Waals surface area contributed by atoms with E-state index in [0.29, 0.717) is 5.82 Å². The molecule has 0 aliphatic heterocycles. The summed E-state index contributed by atoms with van der Waals surface area (Å²) in [6.45, 7) is 11.8. The van der Waals surface area contributed by atoms with Crippen LogP contribution in [0.4, 0.5) is 5.82 Å². The largest absolute Gasteiger partial charge is 0.390 e. The molecule has 28 heavy (non-hydrogen) atoms. The Morgan fingerprint density at radius 1 is 1.14 bits per heavy atom. The lowest BCUT2D eigenvalue weighted by Gasteiger charge is -2.35. The Labute approximate surface area is 168 Å². The molecule has 0 spiro atoms. The third-order valence-corrected chi connectivity index (χ3v) is 6.51. The predicted octanol–water partition coefficient (Wildman–Crippen LogP) is 2.97. The summed E-state index contributed by atoms with van der Waals surface area (Å²) in [5, 5.41) is 20.8. The summed E-state index contributed by atoms with van der Waals surface area (Å²) < 4.78 is 27.5. The van der Waals surface area contributed by atoms with Gasteiger partial charge in [0.25, 0.3) is 0 Å². The van der Waals surface area contributed by atoms with Crippen LogP contribution >= 0.6 is 0 Å². The zero-order valence-corrected chi connectivity index (χ0v) is 18.3. The number of aliphatic hydroxyl groups excluding tert-OH is 1. The number of aromatic amines is 1. The number of nitrogens with zero attached hydrogens (tertiary/aromatic N) is 2. The summed E-state index contributed by atoms with van der Waals surface area (Å²) in [4.78, 5) is 0.215. The summed E-state index contributed by atoms with van der Waals surface area (Å²) in [5.41, 5.74) is 0.243. The molecule has 8 heteroatoms. The number of sulfonamides is 1. The second-order valence-electron chi connectivity index (χ2n) is 8.97. The first kappa shape index (κ1) is 22.4. The maximum absolute atomic E-state index is 13.1. The van der Waals surface area contributed by atoms with E-state index in [-0.39, 0.29) is 23.4 Å². The van der Waals surface area contributed by atoms with Gasteiger partial charge in [-0.1, -0.05) is 39.0 Å². The highest BCUT2D eigenvalue weighted by Gasteiger charge is 2.35. The number of benzene rings is 1. The van der Waals surface area contributed by atoms with E-state index in [0.717, 1.165) is 5.69 Å². The minimum absolute atomic E-state index is 0.0235. The Morgan fingerprint density at radius 2 is 1.75 bits per heavy atom. The van der Waals surface area contributed by atoms with E-state index in [1.807, 2.05) is 26.8 Å². The lowest BCUT2D eigenvalue weighted by atomic mass is 9.92. The summed E-state index contributed by atoms with van der Waals surface area (Å²) in [7, 11) is -3.73. The number of nitrogens with one attached hydrogen (secondary N) is 2. The van der Waals surface area contributed by atoms with Crippen LogP contribution in [0.2, 0.25) is 0 Å². The van der Waals surface area contributed by atoms with Gasteiger partial charge in [-0.15, -0.1) is 0 Å². The predicted molar refractivity (Wildman–Crippen MR) is 112 cm³/mol. The van der Waals surface area contributed by atoms with Crippen LogP contribution in [-0.4, -0.2) is 52.8 Å². The molecule has 7 nitrogen and oxygen atoms in total. The molecule has 1 aromatic carbocycles. The number of anilines is 1. The maximum atomic E-state index is 13.1. The standard InChI is InChI=1S/C20H32N4O3S/c1-19(2,3)17-12-18(23-22-17)21-13-15(25)14-24(20(4,5)6)28(26,27)16-10-8-7-9-11-16/h7-12,15,25H,13-14H2,1-6H3,(H2,21,22,23). The molecule has 3 N–H and O–H groups in total. The van der Waals surface area contributed by atoms with E-state index in [1.165, 1.54) is 4.31 Å². The lowest BCUT2D eigenvalue weighted by Crippen LogP contribution is -2.50. The molecule has 1 atom stereocenters. The van der Waals surface area contributed by atoms with E-state index in [2.05, 4.69) is 36.3 Å². The van der Waals surface area contributed by atoms with Crippen molar-refractivity contribution in [3.05, 3.63) is 42.1 Å². The van der Waals surface area contributed by atoms with Crippen LogP contribution in [0, 0.1) is 0 Å². The smallest absolute Gasteiger partial charge is 0.243 e. The van der Waals surface area contributed by atoms with Crippen molar-refractivity contribution < 1.29 is 13.5 Å². The Balaban J connectivity index is 2.10. The van der Waals surface area contributed by atoms with E-state index in [9.17, 15) is 13.5 Å². The molecule has 0 saturated heterocycles. The van der Waals surface area contributed by atoms with E-state index < -0.39 is 21.7 Å². The Morgan fingerprint density at radius 3 is 2.25 bits per heavy atom. The molecule has 1 unspecified atom stereocenters. The number of aliphatic hydroxyl groups is 1. The van der Waals surface area contributed by atoms with Crippen molar-refractivity contribution in [1.82, 2.24) is 14.5 Å². The first-order valence-corrected chi connectivity index (χ1v) is 10.8. The molecule has 0 radical (unpaired) electrons. The van der Waals surface area contributed by atoms with E-state index in [4.69, 9.17) is 0 Å². The molecule has 1 heterocycles. The van der Waals surface area contributed by atoms with E-state index in [1.54, 1.807) is 30.3 Å². The van der Waals surface area contributed by atoms with Crippen LogP contribution in [0.1, 0.15) is 47.2 Å². The van der Waals surface area contributed by atoms with Crippen LogP contribution in [0.15, 0.2) is 41.3 Å². The van der Waals surface area contributed by atoms with Crippen LogP contribution in [0.3, 0.4) is 0 Å². The molecular formula is C20H32N4O3S. The molecule has 1 aromatic heterocycles. The van der Waals surface area contributed by atoms with Crippen molar-refractivity contribution in [2.24, 2.45) is 0 Å². The Kier molecular flexibility index (Phi) is 6.58. The summed E-state index contributed by atoms with van der Waals surface area (Å²) in [5.74, 6) is 0.622. The molecular weight excluding hydrogens is 376 g/mol. The number of hydrogen-bond donors (Lipinski definition) is 3. The fourth-order valence-electron chi connectivity index (χ4n) is 2.73. The monoisotopic (exact) mass is 408 g/mol. The fraction of sp³-hybridized carbons (Fsp3) is 0.550. The zero-order valence-electron chi connectivity index (χ0n) is 17.5. The summed E-state index contributed by atoms with van der Waals surface area (Å²) in [6.07, 6.45) is -0.896. The van der Waals surface area contributed by atoms with Crippen LogP contribution < -0.4 is 5.32 Å². The zero-order chi connectivity index (χ0) is 21.2. The van der Waals surface area contributed by atoms with Gasteiger partial charge < -0.3 is 10.4 Å². The molecule has 0 bridgehead atoms. The van der Waals surface area contributed by atoms with Gasteiger partial charge in [0, 0.05) is 35.8 Å². The first-order valence-electron chi connectivity index (χ1n) is 9.37. The third-order valence-electron chi connectivity index (χ3n) is 4.36. The van der Waals surface area contributed by atoms with Crippen molar-refractivity contribution in [3.63, 3.8) is 0 Å². The van der Waals surface area contributed by atoms with Crippen LogP contribution in [0.25, 0.3) is 0 Å². The summed E-state index contributed by atoms with van der Waals surface area (Å²) >= 11 is 0. The maximum Gasteiger partial charge on any atom is 0.243 e. The van der Waals surface area contributed by atoms with Crippen molar-refractivity contribution in [2.45, 2.75) is 63.5 Å². The number of H-pyrrole nitrogens is 1. The van der Waals surface area contributed by atoms with Gasteiger partial charge in [-0.05, 0) is 32.9 Å². The van der Waals surface area contributed by atoms with Gasteiger partial charge in [-0.3, -0.25) is 5.10 Å². The molecule has 2 aromatic rings. The van der Waals surface area contributed by atoms with Crippen LogP contribution in [-0.2, 0) is 15.4 Å². The van der Waals surface area contributed by atoms with Gasteiger partial charge in [0.15, 0.2) is 0 Å². The average molecular weight is 409 g/mol. The van der Waals surface area contributed by atoms with Gasteiger partial charge in [-0.2, -0.15) is 9.40 Å². The highest BCUT2D eigenvalue weighted by Crippen LogP contribution is 2.25. The number of aromatic nitrogens is 2. The van der Waals surface area contributed by atoms with Crippen molar-refractivity contribution >= 4 is 15.8 Å². The first-order chi connectivity index (χ1) is 12.8. The molecule has 156 valence electrons. The van der Waals surface area contributed by atoms with Crippen molar-refractivity contribution in [2.75, 3.05) is 18.4 Å². The van der Waals surface area contributed by atoms with Crippen molar-refractivity contribution in [3.8, 4) is 0 Å². The normalized spacial score (nSPS) is 14.3. The quantitative estimate of drug-likeness (QED) is 0.654. The summed E-state index contributed by atoms with van der Waals surface area (Å²) in [6, 6.07) is 10.2. The Hall–Kier alpha value is -1.90.